The van der Waals surface area contributed by atoms with Gasteiger partial charge in [-0.05, 0) is 18.9 Å². The second kappa shape index (κ2) is 4.60. The summed E-state index contributed by atoms with van der Waals surface area (Å²) < 4.78 is 2.28. The molecular formula is C11H19N3. The van der Waals surface area contributed by atoms with Gasteiger partial charge in [0.15, 0.2) is 0 Å². The molecule has 3 nitrogen and oxygen atoms in total. The summed E-state index contributed by atoms with van der Waals surface area (Å²) in [6, 6.07) is 0. The molecule has 1 fully saturated rings. The molecule has 78 valence electrons. The van der Waals surface area contributed by atoms with Gasteiger partial charge in [0.05, 0.1) is 12.0 Å². The summed E-state index contributed by atoms with van der Waals surface area (Å²) in [6.07, 6.45) is 8.13. The van der Waals surface area contributed by atoms with Gasteiger partial charge in [0.25, 0.3) is 0 Å². The Kier molecular flexibility index (Phi) is 3.19. The minimum absolute atomic E-state index is 0.946. The number of nitrogens with one attached hydrogen (secondary N) is 1. The Bertz CT molecular complexity index is 276. The van der Waals surface area contributed by atoms with Crippen LogP contribution >= 0.6 is 0 Å². The SMILES string of the molecule is CCNCc1cncn1CCC1CC1. The fourth-order valence-electron chi connectivity index (χ4n) is 1.68. The molecule has 0 saturated heterocycles. The first kappa shape index (κ1) is 9.71. The normalized spacial score (nSPS) is 16.1. The van der Waals surface area contributed by atoms with E-state index in [1.54, 1.807) is 0 Å². The standard InChI is InChI=1S/C11H19N3/c1-2-12-7-11-8-13-9-14(11)6-5-10-3-4-10/h8-10,12H,2-7H2,1H3. The highest BCUT2D eigenvalue weighted by Crippen LogP contribution is 2.32. The lowest BCUT2D eigenvalue weighted by Crippen LogP contribution is -2.15. The number of rotatable bonds is 6. The second-order valence-electron chi connectivity index (χ2n) is 4.09. The van der Waals surface area contributed by atoms with Crippen molar-refractivity contribution in [2.75, 3.05) is 6.54 Å². The molecule has 0 unspecified atom stereocenters. The lowest BCUT2D eigenvalue weighted by atomic mass is 10.3. The molecule has 1 aromatic heterocycles. The van der Waals surface area contributed by atoms with Crippen molar-refractivity contribution in [3.8, 4) is 0 Å². The lowest BCUT2D eigenvalue weighted by Gasteiger charge is -2.07. The number of imidazole rings is 1. The predicted octanol–water partition coefficient (Wildman–Crippen LogP) is 1.79. The van der Waals surface area contributed by atoms with Crippen molar-refractivity contribution < 1.29 is 0 Å². The van der Waals surface area contributed by atoms with Gasteiger partial charge in [0.2, 0.25) is 0 Å². The molecule has 1 aromatic rings. The fourth-order valence-corrected chi connectivity index (χ4v) is 1.68. The van der Waals surface area contributed by atoms with Crippen molar-refractivity contribution >= 4 is 0 Å². The van der Waals surface area contributed by atoms with Crippen molar-refractivity contribution in [1.29, 1.82) is 0 Å². The summed E-state index contributed by atoms with van der Waals surface area (Å²) in [6.45, 7) is 5.24. The average Bonchev–Trinajstić information content (AvgIpc) is 2.92. The van der Waals surface area contributed by atoms with Gasteiger partial charge in [0.1, 0.15) is 0 Å². The van der Waals surface area contributed by atoms with E-state index in [-0.39, 0.29) is 0 Å². The van der Waals surface area contributed by atoms with Crippen LogP contribution in [0.4, 0.5) is 0 Å². The van der Waals surface area contributed by atoms with Crippen LogP contribution in [-0.4, -0.2) is 16.1 Å². The maximum atomic E-state index is 4.20. The largest absolute Gasteiger partial charge is 0.333 e. The molecule has 1 N–H and O–H groups in total. The Morgan fingerprint density at radius 1 is 1.57 bits per heavy atom. The number of hydrogen-bond donors (Lipinski definition) is 1. The van der Waals surface area contributed by atoms with E-state index in [0.717, 1.165) is 25.6 Å². The zero-order valence-corrected chi connectivity index (χ0v) is 8.87. The Balaban J connectivity index is 1.83. The number of nitrogens with zero attached hydrogens (tertiary/aromatic N) is 2. The van der Waals surface area contributed by atoms with Crippen molar-refractivity contribution in [3.63, 3.8) is 0 Å². The van der Waals surface area contributed by atoms with Gasteiger partial charge in [-0.1, -0.05) is 19.8 Å². The zero-order valence-electron chi connectivity index (χ0n) is 8.87. The molecule has 0 atom stereocenters. The first-order valence-electron chi connectivity index (χ1n) is 5.60. The summed E-state index contributed by atoms with van der Waals surface area (Å²) in [7, 11) is 0. The van der Waals surface area contributed by atoms with Crippen LogP contribution in [0.15, 0.2) is 12.5 Å². The van der Waals surface area contributed by atoms with Gasteiger partial charge >= 0.3 is 0 Å². The fraction of sp³-hybridized carbons (Fsp3) is 0.727. The Hall–Kier alpha value is -0.830. The van der Waals surface area contributed by atoms with Gasteiger partial charge in [-0.3, -0.25) is 0 Å². The van der Waals surface area contributed by atoms with Crippen molar-refractivity contribution in [1.82, 2.24) is 14.9 Å². The maximum Gasteiger partial charge on any atom is 0.0948 e. The molecule has 0 bridgehead atoms. The van der Waals surface area contributed by atoms with Crippen LogP contribution in [0.25, 0.3) is 0 Å². The van der Waals surface area contributed by atoms with E-state index in [1.807, 2.05) is 12.5 Å². The van der Waals surface area contributed by atoms with Gasteiger partial charge in [-0.15, -0.1) is 0 Å². The van der Waals surface area contributed by atoms with Crippen molar-refractivity contribution in [2.45, 2.75) is 39.3 Å². The minimum atomic E-state index is 0.946. The van der Waals surface area contributed by atoms with Crippen LogP contribution in [0.1, 0.15) is 31.9 Å². The van der Waals surface area contributed by atoms with Crippen LogP contribution < -0.4 is 5.32 Å². The summed E-state index contributed by atoms with van der Waals surface area (Å²) in [5.74, 6) is 1.00. The van der Waals surface area contributed by atoms with Crippen LogP contribution in [0.3, 0.4) is 0 Å². The van der Waals surface area contributed by atoms with Gasteiger partial charge in [-0.2, -0.15) is 0 Å². The molecule has 1 heterocycles. The molecule has 1 saturated carbocycles. The van der Waals surface area contributed by atoms with Crippen LogP contribution in [0, 0.1) is 5.92 Å². The Morgan fingerprint density at radius 2 is 2.43 bits per heavy atom. The third kappa shape index (κ3) is 2.58. The highest BCUT2D eigenvalue weighted by Gasteiger charge is 2.20. The second-order valence-corrected chi connectivity index (χ2v) is 4.09. The summed E-state index contributed by atoms with van der Waals surface area (Å²) in [5, 5.41) is 3.33. The molecule has 0 aromatic carbocycles. The number of hydrogen-bond acceptors (Lipinski definition) is 2. The minimum Gasteiger partial charge on any atom is -0.333 e. The van der Waals surface area contributed by atoms with E-state index in [1.165, 1.54) is 25.0 Å². The molecule has 14 heavy (non-hydrogen) atoms. The van der Waals surface area contributed by atoms with Gasteiger partial charge in [0, 0.05) is 19.3 Å². The van der Waals surface area contributed by atoms with Crippen LogP contribution in [-0.2, 0) is 13.1 Å². The topological polar surface area (TPSA) is 29.9 Å². The van der Waals surface area contributed by atoms with E-state index in [4.69, 9.17) is 0 Å². The van der Waals surface area contributed by atoms with Crippen molar-refractivity contribution in [3.05, 3.63) is 18.2 Å². The first-order chi connectivity index (χ1) is 6.90. The van der Waals surface area contributed by atoms with E-state index in [2.05, 4.69) is 21.8 Å². The number of aromatic nitrogens is 2. The Labute approximate surface area is 85.5 Å². The van der Waals surface area contributed by atoms with E-state index >= 15 is 0 Å². The Morgan fingerprint density at radius 3 is 3.14 bits per heavy atom. The molecule has 1 aliphatic rings. The molecule has 1 aliphatic carbocycles. The summed E-state index contributed by atoms with van der Waals surface area (Å²) in [5.41, 5.74) is 1.31. The van der Waals surface area contributed by atoms with E-state index in [0.29, 0.717) is 0 Å². The highest BCUT2D eigenvalue weighted by molar-refractivity contribution is 4.98. The first-order valence-corrected chi connectivity index (χ1v) is 5.60. The third-order valence-corrected chi connectivity index (χ3v) is 2.83. The van der Waals surface area contributed by atoms with Gasteiger partial charge < -0.3 is 9.88 Å². The molecule has 2 rings (SSSR count). The molecule has 3 heteroatoms. The number of aryl methyl sites for hydroxylation is 1. The lowest BCUT2D eigenvalue weighted by molar-refractivity contribution is 0.563. The molecule has 0 radical (unpaired) electrons. The molecular weight excluding hydrogens is 174 g/mol. The smallest absolute Gasteiger partial charge is 0.0948 e. The van der Waals surface area contributed by atoms with E-state index < -0.39 is 0 Å². The molecule has 0 aliphatic heterocycles. The monoisotopic (exact) mass is 193 g/mol. The van der Waals surface area contributed by atoms with Crippen molar-refractivity contribution in [2.24, 2.45) is 5.92 Å². The predicted molar refractivity (Wildman–Crippen MR) is 56.9 cm³/mol. The van der Waals surface area contributed by atoms with Crippen LogP contribution in [0.2, 0.25) is 0 Å². The highest BCUT2D eigenvalue weighted by atomic mass is 15.1. The zero-order chi connectivity index (χ0) is 9.80. The molecule has 0 spiro atoms. The maximum absolute atomic E-state index is 4.20. The van der Waals surface area contributed by atoms with Gasteiger partial charge in [-0.25, -0.2) is 4.98 Å². The molecule has 0 amide bonds. The average molecular weight is 193 g/mol. The van der Waals surface area contributed by atoms with Crippen LogP contribution in [0.5, 0.6) is 0 Å². The quantitative estimate of drug-likeness (QED) is 0.746. The summed E-state index contributed by atoms with van der Waals surface area (Å²) in [4.78, 5) is 4.20. The third-order valence-electron chi connectivity index (χ3n) is 2.83. The summed E-state index contributed by atoms with van der Waals surface area (Å²) >= 11 is 0. The van der Waals surface area contributed by atoms with E-state index in [9.17, 15) is 0 Å².